The Bertz CT molecular complexity index is 970. The maximum absolute atomic E-state index is 12.9. The van der Waals surface area contributed by atoms with Crippen LogP contribution < -0.4 is 15.2 Å². The van der Waals surface area contributed by atoms with E-state index in [1.807, 2.05) is 13.0 Å². The second kappa shape index (κ2) is 7.70. The number of ether oxygens (including phenoxy) is 1. The zero-order valence-corrected chi connectivity index (χ0v) is 16.3. The van der Waals surface area contributed by atoms with Crippen LogP contribution in [0.25, 0.3) is 0 Å². The van der Waals surface area contributed by atoms with Gasteiger partial charge in [0.15, 0.2) is 0 Å². The summed E-state index contributed by atoms with van der Waals surface area (Å²) in [5.74, 6) is 0.652. The number of methoxy groups -OCH3 is 1. The van der Waals surface area contributed by atoms with Crippen LogP contribution in [0.4, 0.5) is 0 Å². The minimum Gasteiger partial charge on any atom is -0.496 e. The molecule has 0 saturated carbocycles. The molecule has 0 radical (unpaired) electrons. The van der Waals surface area contributed by atoms with E-state index in [1.165, 1.54) is 12.1 Å². The Balaban J connectivity index is 1.86. The fourth-order valence-electron chi connectivity index (χ4n) is 3.56. The van der Waals surface area contributed by atoms with Crippen molar-refractivity contribution in [1.82, 2.24) is 5.32 Å². The van der Waals surface area contributed by atoms with Crippen LogP contribution >= 0.6 is 0 Å². The minimum atomic E-state index is -3.79. The fourth-order valence-corrected chi connectivity index (χ4v) is 4.13. The summed E-state index contributed by atoms with van der Waals surface area (Å²) in [6.07, 6.45) is 3.90. The van der Waals surface area contributed by atoms with Gasteiger partial charge in [0.05, 0.1) is 18.0 Å². The highest BCUT2D eigenvalue weighted by atomic mass is 32.2. The van der Waals surface area contributed by atoms with Crippen LogP contribution in [-0.4, -0.2) is 21.4 Å². The summed E-state index contributed by atoms with van der Waals surface area (Å²) >= 11 is 0. The van der Waals surface area contributed by atoms with Gasteiger partial charge in [0, 0.05) is 5.56 Å². The number of nitrogens with two attached hydrogens (primary N) is 1. The lowest BCUT2D eigenvalue weighted by Crippen LogP contribution is -2.28. The lowest BCUT2D eigenvalue weighted by Gasteiger charge is -2.23. The van der Waals surface area contributed by atoms with Crippen molar-refractivity contribution in [3.63, 3.8) is 0 Å². The van der Waals surface area contributed by atoms with E-state index < -0.39 is 10.0 Å². The second-order valence-corrected chi connectivity index (χ2v) is 8.35. The first kappa shape index (κ1) is 19.4. The third-order valence-electron chi connectivity index (χ3n) is 4.99. The van der Waals surface area contributed by atoms with Gasteiger partial charge < -0.3 is 10.1 Å². The maximum Gasteiger partial charge on any atom is 0.252 e. The van der Waals surface area contributed by atoms with Gasteiger partial charge in [0.2, 0.25) is 10.0 Å². The summed E-state index contributed by atoms with van der Waals surface area (Å²) in [6, 6.07) is 9.59. The van der Waals surface area contributed by atoms with Gasteiger partial charge in [-0.2, -0.15) is 0 Å². The number of primary sulfonamides is 1. The molecule has 0 bridgehead atoms. The molecule has 1 unspecified atom stereocenters. The van der Waals surface area contributed by atoms with E-state index >= 15 is 0 Å². The average Bonchev–Trinajstić information content (AvgIpc) is 2.66. The van der Waals surface area contributed by atoms with Gasteiger partial charge in [-0.05, 0) is 73.6 Å². The number of hydrogen-bond acceptors (Lipinski definition) is 4. The molecule has 2 aromatic carbocycles. The summed E-state index contributed by atoms with van der Waals surface area (Å²) in [7, 11) is -2.14. The van der Waals surface area contributed by atoms with E-state index in [0.717, 1.165) is 42.6 Å². The number of fused-ring (bicyclic) bond motifs is 1. The standard InChI is InChI=1S/C20H24N2O4S/c1-13(14-6-5-7-15(12-14)27(21,24)25)22-20(23)18-10-11-19(26-2)17-9-4-3-8-16(17)18/h5-7,10-13H,3-4,8-9H2,1-2H3,(H,22,23)(H2,21,24,25). The smallest absolute Gasteiger partial charge is 0.252 e. The molecule has 3 N–H and O–H groups in total. The Kier molecular flexibility index (Phi) is 5.53. The zero-order chi connectivity index (χ0) is 19.6. The highest BCUT2D eigenvalue weighted by Gasteiger charge is 2.22. The number of benzene rings is 2. The first-order chi connectivity index (χ1) is 12.8. The molecule has 0 spiro atoms. The Hall–Kier alpha value is -2.38. The first-order valence-electron chi connectivity index (χ1n) is 8.93. The zero-order valence-electron chi connectivity index (χ0n) is 15.5. The lowest BCUT2D eigenvalue weighted by atomic mass is 9.87. The number of rotatable bonds is 5. The van der Waals surface area contributed by atoms with Crippen molar-refractivity contribution < 1.29 is 17.9 Å². The molecule has 1 aliphatic rings. The summed E-state index contributed by atoms with van der Waals surface area (Å²) in [5.41, 5.74) is 3.49. The summed E-state index contributed by atoms with van der Waals surface area (Å²) < 4.78 is 28.5. The van der Waals surface area contributed by atoms with E-state index in [1.54, 1.807) is 25.3 Å². The number of sulfonamides is 1. The van der Waals surface area contributed by atoms with Crippen molar-refractivity contribution in [2.45, 2.75) is 43.5 Å². The first-order valence-corrected chi connectivity index (χ1v) is 10.5. The van der Waals surface area contributed by atoms with Gasteiger partial charge >= 0.3 is 0 Å². The normalized spacial score (nSPS) is 14.9. The molecule has 27 heavy (non-hydrogen) atoms. The van der Waals surface area contributed by atoms with Crippen molar-refractivity contribution in [2.75, 3.05) is 7.11 Å². The molecule has 144 valence electrons. The van der Waals surface area contributed by atoms with E-state index in [4.69, 9.17) is 9.88 Å². The molecule has 7 heteroatoms. The van der Waals surface area contributed by atoms with Crippen LogP contribution in [0.3, 0.4) is 0 Å². The molecule has 0 fully saturated rings. The molecule has 0 aromatic heterocycles. The maximum atomic E-state index is 12.9. The summed E-state index contributed by atoms with van der Waals surface area (Å²) in [6.45, 7) is 1.82. The molecule has 1 amide bonds. The fraction of sp³-hybridized carbons (Fsp3) is 0.350. The highest BCUT2D eigenvalue weighted by Crippen LogP contribution is 2.32. The van der Waals surface area contributed by atoms with Gasteiger partial charge in [0.1, 0.15) is 5.75 Å². The number of carbonyl (C=O) groups excluding carboxylic acids is 1. The molecule has 0 aliphatic heterocycles. The van der Waals surface area contributed by atoms with E-state index in [0.29, 0.717) is 11.1 Å². The molecule has 1 atom stereocenters. The number of amides is 1. The Labute approximate surface area is 159 Å². The molecular weight excluding hydrogens is 364 g/mol. The monoisotopic (exact) mass is 388 g/mol. The predicted octanol–water partition coefficient (Wildman–Crippen LogP) is 2.71. The third-order valence-corrected chi connectivity index (χ3v) is 5.90. The Morgan fingerprint density at radius 2 is 1.85 bits per heavy atom. The van der Waals surface area contributed by atoms with Gasteiger partial charge in [-0.25, -0.2) is 13.6 Å². The van der Waals surface area contributed by atoms with Crippen molar-refractivity contribution in [3.8, 4) is 5.75 Å². The van der Waals surface area contributed by atoms with Crippen LogP contribution in [0.1, 0.15) is 52.9 Å². The molecule has 0 saturated heterocycles. The van der Waals surface area contributed by atoms with Crippen LogP contribution in [0.5, 0.6) is 5.75 Å². The quantitative estimate of drug-likeness (QED) is 0.823. The van der Waals surface area contributed by atoms with Crippen LogP contribution in [-0.2, 0) is 22.9 Å². The lowest BCUT2D eigenvalue weighted by molar-refractivity contribution is 0.0938. The van der Waals surface area contributed by atoms with Crippen LogP contribution in [0.15, 0.2) is 41.3 Å². The Morgan fingerprint density at radius 3 is 2.52 bits per heavy atom. The summed E-state index contributed by atoms with van der Waals surface area (Å²) in [4.78, 5) is 12.9. The SMILES string of the molecule is COc1ccc(C(=O)NC(C)c2cccc(S(N)(=O)=O)c2)c2c1CCCC2. The van der Waals surface area contributed by atoms with Crippen molar-refractivity contribution in [2.24, 2.45) is 5.14 Å². The van der Waals surface area contributed by atoms with Crippen molar-refractivity contribution in [3.05, 3.63) is 58.7 Å². The number of nitrogens with one attached hydrogen (secondary N) is 1. The highest BCUT2D eigenvalue weighted by molar-refractivity contribution is 7.89. The van der Waals surface area contributed by atoms with Gasteiger partial charge in [-0.15, -0.1) is 0 Å². The van der Waals surface area contributed by atoms with Crippen molar-refractivity contribution >= 4 is 15.9 Å². The third kappa shape index (κ3) is 4.14. The van der Waals surface area contributed by atoms with E-state index in [-0.39, 0.29) is 16.8 Å². The number of carbonyl (C=O) groups is 1. The van der Waals surface area contributed by atoms with Gasteiger partial charge in [-0.1, -0.05) is 12.1 Å². The second-order valence-electron chi connectivity index (χ2n) is 6.79. The summed E-state index contributed by atoms with van der Waals surface area (Å²) in [5, 5.41) is 8.16. The molecule has 1 aliphatic carbocycles. The largest absolute Gasteiger partial charge is 0.496 e. The Morgan fingerprint density at radius 1 is 1.15 bits per heavy atom. The molecular formula is C20H24N2O4S. The molecule has 2 aromatic rings. The number of hydrogen-bond donors (Lipinski definition) is 2. The van der Waals surface area contributed by atoms with E-state index in [2.05, 4.69) is 5.32 Å². The van der Waals surface area contributed by atoms with Crippen LogP contribution in [0, 0.1) is 0 Å². The van der Waals surface area contributed by atoms with Gasteiger partial charge in [-0.3, -0.25) is 4.79 Å². The predicted molar refractivity (Wildman–Crippen MR) is 103 cm³/mol. The topological polar surface area (TPSA) is 98.5 Å². The molecule has 0 heterocycles. The van der Waals surface area contributed by atoms with Gasteiger partial charge in [0.25, 0.3) is 5.91 Å². The van der Waals surface area contributed by atoms with Crippen molar-refractivity contribution in [1.29, 1.82) is 0 Å². The average molecular weight is 388 g/mol. The van der Waals surface area contributed by atoms with Crippen LogP contribution in [0.2, 0.25) is 0 Å². The molecule has 3 rings (SSSR count). The molecule has 6 nitrogen and oxygen atoms in total. The van der Waals surface area contributed by atoms with E-state index in [9.17, 15) is 13.2 Å². The minimum absolute atomic E-state index is 0.0305.